The minimum Gasteiger partial charge on any atom is -0.492 e. The van der Waals surface area contributed by atoms with Crippen molar-refractivity contribution in [3.63, 3.8) is 0 Å². The Balaban J connectivity index is 1.99. The third kappa shape index (κ3) is 3.73. The highest BCUT2D eigenvalue weighted by Gasteiger charge is 2.08. The summed E-state index contributed by atoms with van der Waals surface area (Å²) in [7, 11) is 0. The second-order valence-electron chi connectivity index (χ2n) is 4.24. The third-order valence-electron chi connectivity index (χ3n) is 2.86. The molecule has 2 rings (SSSR count). The Morgan fingerprint density at radius 2 is 1.74 bits per heavy atom. The molecule has 2 aromatic rings. The number of rotatable bonds is 6. The maximum Gasteiger partial charge on any atom is 0.142 e. The van der Waals surface area contributed by atoms with E-state index in [1.807, 2.05) is 61.5 Å². The molecule has 2 aromatic carbocycles. The third-order valence-corrected chi connectivity index (χ3v) is 2.86. The number of aliphatic hydroxyl groups is 1. The number of aliphatic hydroxyl groups excluding tert-OH is 1. The van der Waals surface area contributed by atoms with E-state index in [1.165, 1.54) is 0 Å². The van der Waals surface area contributed by atoms with Crippen LogP contribution in [-0.2, 0) is 0 Å². The van der Waals surface area contributed by atoms with Gasteiger partial charge in [-0.15, -0.1) is 0 Å². The van der Waals surface area contributed by atoms with Gasteiger partial charge in [0.05, 0.1) is 18.4 Å². The molecule has 0 spiro atoms. The predicted octanol–water partition coefficient (Wildman–Crippen LogP) is 3.23. The zero-order chi connectivity index (χ0) is 13.5. The number of nitrogens with one attached hydrogen (secondary N) is 1. The summed E-state index contributed by atoms with van der Waals surface area (Å²) in [4.78, 5) is 0. The molecule has 100 valence electrons. The van der Waals surface area contributed by atoms with Crippen molar-refractivity contribution in [3.05, 3.63) is 60.2 Å². The van der Waals surface area contributed by atoms with Gasteiger partial charge in [0.2, 0.25) is 0 Å². The molecule has 3 heteroatoms. The van der Waals surface area contributed by atoms with Crippen LogP contribution in [0.1, 0.15) is 18.6 Å². The Morgan fingerprint density at radius 1 is 1.05 bits per heavy atom. The van der Waals surface area contributed by atoms with Crippen LogP contribution < -0.4 is 10.1 Å². The van der Waals surface area contributed by atoms with E-state index in [0.29, 0.717) is 13.2 Å². The molecular formula is C16H19NO2. The van der Waals surface area contributed by atoms with Crippen molar-refractivity contribution in [3.8, 4) is 5.75 Å². The van der Waals surface area contributed by atoms with Gasteiger partial charge in [0.25, 0.3) is 0 Å². The van der Waals surface area contributed by atoms with Gasteiger partial charge in [0, 0.05) is 6.54 Å². The van der Waals surface area contributed by atoms with Crippen LogP contribution in [0, 0.1) is 0 Å². The highest BCUT2D eigenvalue weighted by molar-refractivity contribution is 5.56. The largest absolute Gasteiger partial charge is 0.492 e. The maximum absolute atomic E-state index is 10.1. The maximum atomic E-state index is 10.1. The zero-order valence-corrected chi connectivity index (χ0v) is 11.0. The summed E-state index contributed by atoms with van der Waals surface area (Å²) in [5.41, 5.74) is 1.81. The topological polar surface area (TPSA) is 41.5 Å². The number of benzene rings is 2. The van der Waals surface area contributed by atoms with Crippen molar-refractivity contribution in [1.82, 2.24) is 0 Å². The molecule has 1 unspecified atom stereocenters. The first-order valence-electron chi connectivity index (χ1n) is 6.50. The van der Waals surface area contributed by atoms with E-state index in [1.54, 1.807) is 0 Å². The Bertz CT molecular complexity index is 499. The average molecular weight is 257 g/mol. The number of ether oxygens (including phenoxy) is 1. The van der Waals surface area contributed by atoms with Crippen LogP contribution >= 0.6 is 0 Å². The Morgan fingerprint density at radius 3 is 2.47 bits per heavy atom. The van der Waals surface area contributed by atoms with E-state index in [-0.39, 0.29) is 0 Å². The van der Waals surface area contributed by atoms with Crippen LogP contribution in [0.25, 0.3) is 0 Å². The van der Waals surface area contributed by atoms with E-state index in [2.05, 4.69) is 5.32 Å². The second-order valence-corrected chi connectivity index (χ2v) is 4.24. The first-order valence-corrected chi connectivity index (χ1v) is 6.50. The summed E-state index contributed by atoms with van der Waals surface area (Å²) in [6.07, 6.45) is -0.532. The van der Waals surface area contributed by atoms with Gasteiger partial charge in [-0.2, -0.15) is 0 Å². The number of hydrogen-bond donors (Lipinski definition) is 2. The fourth-order valence-corrected chi connectivity index (χ4v) is 1.89. The first kappa shape index (κ1) is 13.4. The fourth-order valence-electron chi connectivity index (χ4n) is 1.89. The van der Waals surface area contributed by atoms with Crippen molar-refractivity contribution in [2.75, 3.05) is 18.5 Å². The van der Waals surface area contributed by atoms with Crippen molar-refractivity contribution in [2.45, 2.75) is 13.0 Å². The molecule has 0 radical (unpaired) electrons. The van der Waals surface area contributed by atoms with Gasteiger partial charge >= 0.3 is 0 Å². The number of hydrogen-bond acceptors (Lipinski definition) is 3. The fraction of sp³-hybridized carbons (Fsp3) is 0.250. The van der Waals surface area contributed by atoms with E-state index in [9.17, 15) is 5.11 Å². The molecule has 19 heavy (non-hydrogen) atoms. The Hall–Kier alpha value is -2.00. The van der Waals surface area contributed by atoms with Crippen molar-refractivity contribution in [2.24, 2.45) is 0 Å². The van der Waals surface area contributed by atoms with Crippen molar-refractivity contribution in [1.29, 1.82) is 0 Å². The van der Waals surface area contributed by atoms with Crippen molar-refractivity contribution >= 4 is 5.69 Å². The highest BCUT2D eigenvalue weighted by Crippen LogP contribution is 2.24. The molecule has 0 aliphatic carbocycles. The van der Waals surface area contributed by atoms with Crippen LogP contribution in [0.2, 0.25) is 0 Å². The second kappa shape index (κ2) is 6.81. The quantitative estimate of drug-likeness (QED) is 0.834. The summed E-state index contributed by atoms with van der Waals surface area (Å²) >= 11 is 0. The van der Waals surface area contributed by atoms with Crippen LogP contribution in [0.4, 0.5) is 5.69 Å². The van der Waals surface area contributed by atoms with Gasteiger partial charge in [-0.1, -0.05) is 42.5 Å². The molecule has 0 bridgehead atoms. The van der Waals surface area contributed by atoms with E-state index >= 15 is 0 Å². The minimum atomic E-state index is -0.532. The van der Waals surface area contributed by atoms with E-state index in [0.717, 1.165) is 17.0 Å². The molecule has 0 amide bonds. The predicted molar refractivity (Wildman–Crippen MR) is 77.5 cm³/mol. The SMILES string of the molecule is CCOc1ccccc1NCC(O)c1ccccc1. The smallest absolute Gasteiger partial charge is 0.142 e. The molecule has 0 saturated heterocycles. The van der Waals surface area contributed by atoms with E-state index < -0.39 is 6.10 Å². The summed E-state index contributed by atoms with van der Waals surface area (Å²) in [6.45, 7) is 3.03. The molecule has 3 nitrogen and oxygen atoms in total. The van der Waals surface area contributed by atoms with Gasteiger partial charge in [0.1, 0.15) is 5.75 Å². The van der Waals surface area contributed by atoms with Crippen LogP contribution in [-0.4, -0.2) is 18.3 Å². The summed E-state index contributed by atoms with van der Waals surface area (Å²) in [6, 6.07) is 17.4. The van der Waals surface area contributed by atoms with Gasteiger partial charge in [-0.25, -0.2) is 0 Å². The minimum absolute atomic E-state index is 0.452. The van der Waals surface area contributed by atoms with Crippen LogP contribution in [0.15, 0.2) is 54.6 Å². The Kier molecular flexibility index (Phi) is 4.81. The zero-order valence-electron chi connectivity index (χ0n) is 11.0. The monoisotopic (exact) mass is 257 g/mol. The standard InChI is InChI=1S/C16H19NO2/c1-2-19-16-11-7-6-10-14(16)17-12-15(18)13-8-4-3-5-9-13/h3-11,15,17-18H,2,12H2,1H3. The lowest BCUT2D eigenvalue weighted by molar-refractivity contribution is 0.191. The molecular weight excluding hydrogens is 238 g/mol. The van der Waals surface area contributed by atoms with Crippen molar-refractivity contribution < 1.29 is 9.84 Å². The molecule has 0 aliphatic rings. The lowest BCUT2D eigenvalue weighted by Gasteiger charge is -2.15. The van der Waals surface area contributed by atoms with Gasteiger partial charge in [-0.3, -0.25) is 0 Å². The van der Waals surface area contributed by atoms with Crippen LogP contribution in [0.3, 0.4) is 0 Å². The molecule has 0 heterocycles. The molecule has 1 atom stereocenters. The number of anilines is 1. The summed E-state index contributed by atoms with van der Waals surface area (Å²) in [5.74, 6) is 0.810. The lowest BCUT2D eigenvalue weighted by Crippen LogP contribution is -2.12. The van der Waals surface area contributed by atoms with Gasteiger partial charge < -0.3 is 15.2 Å². The van der Waals surface area contributed by atoms with Crippen LogP contribution in [0.5, 0.6) is 5.75 Å². The highest BCUT2D eigenvalue weighted by atomic mass is 16.5. The lowest BCUT2D eigenvalue weighted by atomic mass is 10.1. The van der Waals surface area contributed by atoms with Gasteiger partial charge in [0.15, 0.2) is 0 Å². The molecule has 2 N–H and O–H groups in total. The molecule has 0 aromatic heterocycles. The van der Waals surface area contributed by atoms with E-state index in [4.69, 9.17) is 4.74 Å². The first-order chi connectivity index (χ1) is 9.31. The average Bonchev–Trinajstić information content (AvgIpc) is 2.47. The summed E-state index contributed by atoms with van der Waals surface area (Å²) < 4.78 is 5.53. The normalized spacial score (nSPS) is 11.9. The number of para-hydroxylation sites is 2. The molecule has 0 aliphatic heterocycles. The molecule has 0 saturated carbocycles. The molecule has 0 fully saturated rings. The Labute approximate surface area is 113 Å². The summed E-state index contributed by atoms with van der Waals surface area (Å²) in [5, 5.41) is 13.3. The van der Waals surface area contributed by atoms with Gasteiger partial charge in [-0.05, 0) is 24.6 Å².